The molecule has 1 aromatic heterocycles. The maximum absolute atomic E-state index is 13.9. The second-order valence-electron chi connectivity index (χ2n) is 5.93. The van der Waals surface area contributed by atoms with Crippen molar-refractivity contribution in [2.45, 2.75) is 19.5 Å². The molecule has 0 radical (unpaired) electrons. The normalized spacial score (nSPS) is 11.6. The minimum absolute atomic E-state index is 0.209. The van der Waals surface area contributed by atoms with Gasteiger partial charge in [0.25, 0.3) is 0 Å². The third kappa shape index (κ3) is 2.93. The third-order valence-electron chi connectivity index (χ3n) is 3.81. The van der Waals surface area contributed by atoms with E-state index in [0.29, 0.717) is 22.2 Å². The summed E-state index contributed by atoms with van der Waals surface area (Å²) in [6.45, 7) is 3.00. The summed E-state index contributed by atoms with van der Waals surface area (Å²) in [5, 5.41) is 10.0. The zero-order valence-electron chi connectivity index (χ0n) is 12.9. The van der Waals surface area contributed by atoms with Crippen molar-refractivity contribution in [1.82, 2.24) is 4.98 Å². The number of aromatic nitrogens is 1. The number of hydrogen-bond acceptors (Lipinski definition) is 2. The van der Waals surface area contributed by atoms with Gasteiger partial charge in [0.2, 0.25) is 0 Å². The summed E-state index contributed by atoms with van der Waals surface area (Å²) in [4.78, 5) is 16.0. The largest absolute Gasteiger partial charge is 0.478 e. The lowest BCUT2D eigenvalue weighted by Gasteiger charge is -2.15. The Labute approximate surface area is 133 Å². The Bertz CT molecular complexity index is 880. The van der Waals surface area contributed by atoms with Crippen molar-refractivity contribution in [1.29, 1.82) is 0 Å². The monoisotopic (exact) mass is 309 g/mol. The molecule has 1 heterocycles. The van der Waals surface area contributed by atoms with Gasteiger partial charge in [0.1, 0.15) is 5.67 Å². The van der Waals surface area contributed by atoms with E-state index in [2.05, 4.69) is 4.98 Å². The number of nitrogens with zero attached hydrogens (tertiary/aromatic N) is 1. The van der Waals surface area contributed by atoms with Gasteiger partial charge in [-0.05, 0) is 31.5 Å². The fraction of sp³-hybridized carbons (Fsp3) is 0.158. The summed E-state index contributed by atoms with van der Waals surface area (Å²) in [5.41, 5.74) is 1.30. The molecule has 4 heteroatoms. The Morgan fingerprint density at radius 2 is 1.74 bits per heavy atom. The number of carboxylic acids is 1. The molecule has 0 bridgehead atoms. The van der Waals surface area contributed by atoms with Gasteiger partial charge in [-0.25, -0.2) is 14.2 Å². The molecular weight excluding hydrogens is 293 g/mol. The summed E-state index contributed by atoms with van der Waals surface area (Å²) in [7, 11) is 0. The molecule has 0 saturated heterocycles. The van der Waals surface area contributed by atoms with E-state index >= 15 is 0 Å². The summed E-state index contributed by atoms with van der Waals surface area (Å²) >= 11 is 0. The molecule has 0 aliphatic carbocycles. The van der Waals surface area contributed by atoms with E-state index in [4.69, 9.17) is 0 Å². The molecule has 0 fully saturated rings. The molecule has 3 nitrogen and oxygen atoms in total. The van der Waals surface area contributed by atoms with E-state index in [-0.39, 0.29) is 5.56 Å². The molecule has 23 heavy (non-hydrogen) atoms. The highest BCUT2D eigenvalue weighted by Crippen LogP contribution is 2.29. The molecule has 3 rings (SSSR count). The number of pyridine rings is 1. The van der Waals surface area contributed by atoms with Crippen LogP contribution in [0.25, 0.3) is 22.2 Å². The van der Waals surface area contributed by atoms with Gasteiger partial charge in [-0.1, -0.05) is 42.5 Å². The van der Waals surface area contributed by atoms with E-state index in [0.717, 1.165) is 5.56 Å². The molecule has 0 aliphatic rings. The minimum atomic E-state index is -1.42. The molecule has 116 valence electrons. The van der Waals surface area contributed by atoms with Crippen LogP contribution in [-0.4, -0.2) is 16.1 Å². The number of alkyl halides is 1. The number of fused-ring (bicyclic) bond motifs is 1. The topological polar surface area (TPSA) is 50.2 Å². The van der Waals surface area contributed by atoms with Crippen molar-refractivity contribution in [2.24, 2.45) is 0 Å². The zero-order valence-corrected chi connectivity index (χ0v) is 12.9. The van der Waals surface area contributed by atoms with Gasteiger partial charge < -0.3 is 5.11 Å². The Morgan fingerprint density at radius 3 is 2.35 bits per heavy atom. The number of benzene rings is 2. The number of halogens is 1. The first kappa shape index (κ1) is 15.2. The Morgan fingerprint density at radius 1 is 1.09 bits per heavy atom. The van der Waals surface area contributed by atoms with Gasteiger partial charge in [-0.15, -0.1) is 0 Å². The predicted octanol–water partition coefficient (Wildman–Crippen LogP) is 4.80. The van der Waals surface area contributed by atoms with Crippen LogP contribution in [0.15, 0.2) is 54.6 Å². The molecule has 0 saturated carbocycles. The summed E-state index contributed by atoms with van der Waals surface area (Å²) < 4.78 is 13.9. The maximum Gasteiger partial charge on any atom is 0.336 e. The van der Waals surface area contributed by atoms with Gasteiger partial charge in [0.05, 0.1) is 16.8 Å². The van der Waals surface area contributed by atoms with Gasteiger partial charge in [0, 0.05) is 10.9 Å². The Balaban J connectivity index is 2.15. The quantitative estimate of drug-likeness (QED) is 0.755. The van der Waals surface area contributed by atoms with Crippen molar-refractivity contribution < 1.29 is 14.3 Å². The van der Waals surface area contributed by atoms with Crippen molar-refractivity contribution in [3.05, 3.63) is 65.7 Å². The lowest BCUT2D eigenvalue weighted by molar-refractivity contribution is 0.0699. The first-order valence-electron chi connectivity index (χ1n) is 7.29. The van der Waals surface area contributed by atoms with Crippen molar-refractivity contribution in [3.63, 3.8) is 0 Å². The standard InChI is InChI=1S/C19H16FNO2/c1-19(2,20)13-9-7-12(8-10-13)17-11-15(18(22)23)14-5-3-4-6-16(14)21-17/h3-11H,1-2H3,(H,22,23). The second kappa shape index (κ2) is 5.47. The lowest BCUT2D eigenvalue weighted by atomic mass is 9.97. The number of carbonyl (C=O) groups is 1. The average Bonchev–Trinajstić information content (AvgIpc) is 2.53. The highest BCUT2D eigenvalue weighted by molar-refractivity contribution is 6.03. The Kier molecular flexibility index (Phi) is 3.60. The molecule has 0 unspecified atom stereocenters. The fourth-order valence-electron chi connectivity index (χ4n) is 2.54. The van der Waals surface area contributed by atoms with Crippen LogP contribution in [0.5, 0.6) is 0 Å². The fourth-order valence-corrected chi connectivity index (χ4v) is 2.54. The second-order valence-corrected chi connectivity index (χ2v) is 5.93. The summed E-state index contributed by atoms with van der Waals surface area (Å²) in [5.74, 6) is -0.994. The van der Waals surface area contributed by atoms with Crippen LogP contribution in [0.3, 0.4) is 0 Å². The molecule has 1 N–H and O–H groups in total. The Hall–Kier alpha value is -2.75. The van der Waals surface area contributed by atoms with E-state index in [1.807, 2.05) is 6.07 Å². The lowest BCUT2D eigenvalue weighted by Crippen LogP contribution is -2.08. The van der Waals surface area contributed by atoms with Gasteiger partial charge in [-0.2, -0.15) is 0 Å². The van der Waals surface area contributed by atoms with E-state index in [9.17, 15) is 14.3 Å². The number of aromatic carboxylic acids is 1. The van der Waals surface area contributed by atoms with Crippen LogP contribution < -0.4 is 0 Å². The highest BCUT2D eigenvalue weighted by Gasteiger charge is 2.19. The number of para-hydroxylation sites is 1. The predicted molar refractivity (Wildman–Crippen MR) is 88.3 cm³/mol. The first-order chi connectivity index (χ1) is 10.9. The van der Waals surface area contributed by atoms with Gasteiger partial charge in [0.15, 0.2) is 0 Å². The van der Waals surface area contributed by atoms with E-state index < -0.39 is 11.6 Å². The van der Waals surface area contributed by atoms with Gasteiger partial charge >= 0.3 is 5.97 Å². The van der Waals surface area contributed by atoms with Crippen LogP contribution >= 0.6 is 0 Å². The zero-order chi connectivity index (χ0) is 16.6. The molecule has 0 amide bonds. The van der Waals surface area contributed by atoms with Crippen molar-refractivity contribution >= 4 is 16.9 Å². The van der Waals surface area contributed by atoms with E-state index in [1.54, 1.807) is 48.5 Å². The number of carboxylic acid groups (broad SMARTS) is 1. The minimum Gasteiger partial charge on any atom is -0.478 e. The molecule has 2 aromatic carbocycles. The van der Waals surface area contributed by atoms with Crippen LogP contribution in [0.1, 0.15) is 29.8 Å². The smallest absolute Gasteiger partial charge is 0.336 e. The third-order valence-corrected chi connectivity index (χ3v) is 3.81. The van der Waals surface area contributed by atoms with Crippen molar-refractivity contribution in [2.75, 3.05) is 0 Å². The first-order valence-corrected chi connectivity index (χ1v) is 7.29. The maximum atomic E-state index is 13.9. The molecule has 0 atom stereocenters. The molecular formula is C19H16FNO2. The number of rotatable bonds is 3. The summed E-state index contributed by atoms with van der Waals surface area (Å²) in [6.07, 6.45) is 0. The molecule has 0 spiro atoms. The number of hydrogen-bond donors (Lipinski definition) is 1. The van der Waals surface area contributed by atoms with Crippen molar-refractivity contribution in [3.8, 4) is 11.3 Å². The SMILES string of the molecule is CC(C)(F)c1ccc(-c2cc(C(=O)O)c3ccccc3n2)cc1. The van der Waals surface area contributed by atoms with Crippen LogP contribution in [0, 0.1) is 0 Å². The van der Waals surface area contributed by atoms with E-state index in [1.165, 1.54) is 13.8 Å². The summed E-state index contributed by atoms with van der Waals surface area (Å²) in [6, 6.07) is 15.6. The van der Waals surface area contributed by atoms with Gasteiger partial charge in [-0.3, -0.25) is 0 Å². The highest BCUT2D eigenvalue weighted by atomic mass is 19.1. The van der Waals surface area contributed by atoms with Crippen LogP contribution in [0.4, 0.5) is 4.39 Å². The van der Waals surface area contributed by atoms with Crippen LogP contribution in [-0.2, 0) is 5.67 Å². The van der Waals surface area contributed by atoms with Crippen LogP contribution in [0.2, 0.25) is 0 Å². The molecule has 0 aliphatic heterocycles. The average molecular weight is 309 g/mol. The molecule has 3 aromatic rings.